The van der Waals surface area contributed by atoms with Crippen LogP contribution in [0.25, 0.3) is 22.4 Å². The molecule has 94 valence electrons. The molecule has 0 amide bonds. The van der Waals surface area contributed by atoms with Crippen LogP contribution in [-0.4, -0.2) is 15.9 Å². The summed E-state index contributed by atoms with van der Waals surface area (Å²) < 4.78 is 0. The average Bonchev–Trinajstić information content (AvgIpc) is 2.82. The number of aliphatic carboxylic acids is 1. The van der Waals surface area contributed by atoms with Crippen LogP contribution < -0.4 is 5.11 Å². The molecule has 0 aliphatic carbocycles. The first-order valence-corrected chi connectivity index (χ1v) is 5.96. The number of rotatable bonds is 3. The van der Waals surface area contributed by atoms with Crippen LogP contribution in [0.4, 0.5) is 0 Å². The maximum atomic E-state index is 10.6. The lowest BCUT2D eigenvalue weighted by molar-refractivity contribution is -0.304. The Kier molecular flexibility index (Phi) is 2.76. The molecule has 0 spiro atoms. The minimum atomic E-state index is -1.08. The molecule has 2 aromatic carbocycles. The minimum absolute atomic E-state index is 0.0877. The summed E-state index contributed by atoms with van der Waals surface area (Å²) in [7, 11) is 0. The van der Waals surface area contributed by atoms with E-state index >= 15 is 0 Å². The zero-order valence-corrected chi connectivity index (χ0v) is 10.1. The Balaban J connectivity index is 2.04. The largest absolute Gasteiger partial charge is 0.550 e. The summed E-state index contributed by atoms with van der Waals surface area (Å²) in [6, 6.07) is 15.2. The van der Waals surface area contributed by atoms with E-state index in [0.717, 1.165) is 22.4 Å². The number of carboxylic acid groups (broad SMARTS) is 1. The van der Waals surface area contributed by atoms with Crippen molar-refractivity contribution >= 4 is 17.0 Å². The maximum Gasteiger partial charge on any atom is 0.138 e. The van der Waals surface area contributed by atoms with Gasteiger partial charge in [-0.15, -0.1) is 0 Å². The van der Waals surface area contributed by atoms with Crippen LogP contribution in [0, 0.1) is 0 Å². The highest BCUT2D eigenvalue weighted by Crippen LogP contribution is 2.21. The fourth-order valence-corrected chi connectivity index (χ4v) is 2.07. The third-order valence-corrected chi connectivity index (χ3v) is 2.94. The Morgan fingerprint density at radius 2 is 1.95 bits per heavy atom. The predicted molar refractivity (Wildman–Crippen MR) is 70.2 cm³/mol. The van der Waals surface area contributed by atoms with Gasteiger partial charge in [-0.05, 0) is 17.7 Å². The van der Waals surface area contributed by atoms with Gasteiger partial charge in [-0.1, -0.05) is 36.4 Å². The van der Waals surface area contributed by atoms with Crippen molar-refractivity contribution in [3.8, 4) is 11.4 Å². The molecule has 0 bridgehead atoms. The molecule has 19 heavy (non-hydrogen) atoms. The third-order valence-electron chi connectivity index (χ3n) is 2.94. The smallest absolute Gasteiger partial charge is 0.138 e. The zero-order valence-electron chi connectivity index (χ0n) is 10.1. The van der Waals surface area contributed by atoms with Crippen molar-refractivity contribution in [2.45, 2.75) is 6.42 Å². The number of hydrogen-bond donors (Lipinski definition) is 1. The molecule has 0 saturated heterocycles. The van der Waals surface area contributed by atoms with Crippen molar-refractivity contribution in [2.24, 2.45) is 0 Å². The summed E-state index contributed by atoms with van der Waals surface area (Å²) in [6.45, 7) is 0. The molecule has 4 nitrogen and oxygen atoms in total. The summed E-state index contributed by atoms with van der Waals surface area (Å²) in [5, 5.41) is 10.6. The van der Waals surface area contributed by atoms with Crippen LogP contribution in [0.15, 0.2) is 48.5 Å². The number of imidazole rings is 1. The van der Waals surface area contributed by atoms with Gasteiger partial charge >= 0.3 is 0 Å². The number of nitrogens with one attached hydrogen (secondary N) is 1. The van der Waals surface area contributed by atoms with Crippen molar-refractivity contribution in [3.63, 3.8) is 0 Å². The quantitative estimate of drug-likeness (QED) is 0.767. The van der Waals surface area contributed by atoms with Crippen molar-refractivity contribution in [1.29, 1.82) is 0 Å². The molecule has 1 heterocycles. The fourth-order valence-electron chi connectivity index (χ4n) is 2.07. The van der Waals surface area contributed by atoms with Crippen LogP contribution in [0.2, 0.25) is 0 Å². The molecule has 0 radical (unpaired) electrons. The fraction of sp³-hybridized carbons (Fsp3) is 0.0667. The maximum absolute atomic E-state index is 10.6. The van der Waals surface area contributed by atoms with Crippen molar-refractivity contribution in [3.05, 3.63) is 54.1 Å². The second-order valence-corrected chi connectivity index (χ2v) is 4.35. The molecule has 3 rings (SSSR count). The summed E-state index contributed by atoms with van der Waals surface area (Å²) in [4.78, 5) is 18.3. The van der Waals surface area contributed by atoms with E-state index in [0.29, 0.717) is 5.56 Å². The second-order valence-electron chi connectivity index (χ2n) is 4.35. The Morgan fingerprint density at radius 3 is 2.68 bits per heavy atom. The van der Waals surface area contributed by atoms with Gasteiger partial charge in [0.1, 0.15) is 5.82 Å². The number of hydrogen-bond acceptors (Lipinski definition) is 3. The van der Waals surface area contributed by atoms with Crippen LogP contribution in [0.1, 0.15) is 5.56 Å². The van der Waals surface area contributed by atoms with E-state index in [1.54, 1.807) is 12.1 Å². The van der Waals surface area contributed by atoms with E-state index in [1.165, 1.54) is 0 Å². The van der Waals surface area contributed by atoms with Gasteiger partial charge in [0.25, 0.3) is 0 Å². The molecule has 0 unspecified atom stereocenters. The number of aromatic nitrogens is 2. The van der Waals surface area contributed by atoms with E-state index in [2.05, 4.69) is 9.97 Å². The van der Waals surface area contributed by atoms with Gasteiger partial charge in [0.2, 0.25) is 0 Å². The number of H-pyrrole nitrogens is 1. The van der Waals surface area contributed by atoms with E-state index in [4.69, 9.17) is 0 Å². The zero-order chi connectivity index (χ0) is 13.2. The highest BCUT2D eigenvalue weighted by Gasteiger charge is 2.05. The highest BCUT2D eigenvalue weighted by molar-refractivity contribution is 5.81. The number of fused-ring (bicyclic) bond motifs is 1. The molecular formula is C15H11N2O2-. The van der Waals surface area contributed by atoms with E-state index in [9.17, 15) is 9.90 Å². The first-order chi connectivity index (χ1) is 9.22. The Labute approximate surface area is 109 Å². The van der Waals surface area contributed by atoms with Crippen molar-refractivity contribution in [2.75, 3.05) is 0 Å². The van der Waals surface area contributed by atoms with Gasteiger partial charge in [0, 0.05) is 18.0 Å². The molecule has 0 saturated carbocycles. The molecule has 1 N–H and O–H groups in total. The normalized spacial score (nSPS) is 10.7. The molecule has 3 aromatic rings. The molecule has 0 fully saturated rings. The highest BCUT2D eigenvalue weighted by atomic mass is 16.4. The number of carbonyl (C=O) groups is 1. The predicted octanol–water partition coefficient (Wildman–Crippen LogP) is 1.52. The lowest BCUT2D eigenvalue weighted by Crippen LogP contribution is -2.24. The van der Waals surface area contributed by atoms with Gasteiger partial charge in [-0.25, -0.2) is 4.98 Å². The monoisotopic (exact) mass is 251 g/mol. The first kappa shape index (κ1) is 11.5. The Bertz CT molecular complexity index is 732. The van der Waals surface area contributed by atoms with E-state index in [1.807, 2.05) is 36.4 Å². The summed E-state index contributed by atoms with van der Waals surface area (Å²) >= 11 is 0. The number of nitrogens with zero attached hydrogens (tertiary/aromatic N) is 1. The molecule has 0 aliphatic heterocycles. The van der Waals surface area contributed by atoms with Gasteiger partial charge in [0.15, 0.2) is 0 Å². The number of benzene rings is 2. The van der Waals surface area contributed by atoms with Crippen LogP contribution in [0.5, 0.6) is 0 Å². The minimum Gasteiger partial charge on any atom is -0.550 e. The topological polar surface area (TPSA) is 68.8 Å². The number of carbonyl (C=O) groups excluding carboxylic acids is 1. The van der Waals surface area contributed by atoms with Crippen LogP contribution >= 0.6 is 0 Å². The standard InChI is InChI=1S/C15H12N2O2/c18-14(19)9-10-6-7-12-13(8-10)17-15(16-12)11-4-2-1-3-5-11/h1-8H,9H2,(H,16,17)(H,18,19)/p-1. The Hall–Kier alpha value is -2.62. The second kappa shape index (κ2) is 4.57. The van der Waals surface area contributed by atoms with Gasteiger partial charge < -0.3 is 14.9 Å². The van der Waals surface area contributed by atoms with Crippen molar-refractivity contribution < 1.29 is 9.90 Å². The van der Waals surface area contributed by atoms with Gasteiger partial charge in [0.05, 0.1) is 11.0 Å². The summed E-state index contributed by atoms with van der Waals surface area (Å²) in [5.74, 6) is -0.302. The number of carboxylic acids is 1. The van der Waals surface area contributed by atoms with Crippen LogP contribution in [0.3, 0.4) is 0 Å². The lowest BCUT2D eigenvalue weighted by Gasteiger charge is -2.01. The van der Waals surface area contributed by atoms with E-state index < -0.39 is 5.97 Å². The first-order valence-electron chi connectivity index (χ1n) is 5.96. The molecule has 1 aromatic heterocycles. The van der Waals surface area contributed by atoms with Crippen molar-refractivity contribution in [1.82, 2.24) is 9.97 Å². The third kappa shape index (κ3) is 2.33. The SMILES string of the molecule is O=C([O-])Cc1ccc2nc(-c3ccccc3)[nH]c2c1. The molecular weight excluding hydrogens is 240 g/mol. The molecule has 4 heteroatoms. The molecule has 0 aliphatic rings. The summed E-state index contributed by atoms with van der Waals surface area (Å²) in [5.41, 5.74) is 3.36. The van der Waals surface area contributed by atoms with Crippen LogP contribution in [-0.2, 0) is 11.2 Å². The van der Waals surface area contributed by atoms with Gasteiger partial charge in [-0.3, -0.25) is 0 Å². The van der Waals surface area contributed by atoms with E-state index in [-0.39, 0.29) is 6.42 Å². The number of aromatic amines is 1. The average molecular weight is 251 g/mol. The van der Waals surface area contributed by atoms with Gasteiger partial charge in [-0.2, -0.15) is 0 Å². The Morgan fingerprint density at radius 1 is 1.16 bits per heavy atom. The lowest BCUT2D eigenvalue weighted by atomic mass is 10.1. The summed E-state index contributed by atoms with van der Waals surface area (Å²) in [6.07, 6.45) is -0.0877. The molecule has 0 atom stereocenters.